The molecule has 0 fully saturated rings. The van der Waals surface area contributed by atoms with Crippen molar-refractivity contribution >= 4 is 16.0 Å². The Morgan fingerprint density at radius 2 is 2.06 bits per heavy atom. The fourth-order valence-corrected chi connectivity index (χ4v) is 1.44. The van der Waals surface area contributed by atoms with Gasteiger partial charge in [-0.2, -0.15) is 8.42 Å². The van der Waals surface area contributed by atoms with Crippen molar-refractivity contribution in [2.24, 2.45) is 0 Å². The van der Waals surface area contributed by atoms with Crippen molar-refractivity contribution in [2.45, 2.75) is 25.2 Å². The summed E-state index contributed by atoms with van der Waals surface area (Å²) < 4.78 is 36.3. The van der Waals surface area contributed by atoms with E-state index in [9.17, 15) is 13.2 Å². The Balaban J connectivity index is 2.96. The second-order valence-corrected chi connectivity index (χ2v) is 6.16. The Kier molecular flexibility index (Phi) is 3.98. The van der Waals surface area contributed by atoms with Crippen molar-refractivity contribution in [2.75, 3.05) is 0 Å². The predicted octanol–water partition coefficient (Wildman–Crippen LogP) is 1.04. The minimum Gasteiger partial charge on any atom is -0.469 e. The molecule has 99 valence electrons. The first kappa shape index (κ1) is 14.5. The minimum atomic E-state index is -4.36. The summed E-state index contributed by atoms with van der Waals surface area (Å²) in [5, 5.41) is 0. The monoisotopic (exact) mass is 272 g/mol. The summed E-state index contributed by atoms with van der Waals surface area (Å²) in [4.78, 5) is 8.88. The lowest BCUT2D eigenvalue weighted by atomic mass is 10.1. The third-order valence-corrected chi connectivity index (χ3v) is 3.57. The molecule has 0 unspecified atom stereocenters. The number of carbonyl (C=O) groups is 1. The number of hydrogen-bond acceptors (Lipinski definition) is 4. The van der Waals surface area contributed by atoms with Crippen LogP contribution < -0.4 is 10.5 Å². The highest BCUT2D eigenvalue weighted by Crippen LogP contribution is 2.23. The molecule has 0 aliphatic heterocycles. The van der Waals surface area contributed by atoms with Gasteiger partial charge >= 0.3 is 10.1 Å². The third-order valence-electron chi connectivity index (χ3n) is 2.25. The molecule has 1 rings (SSSR count). The molecule has 0 aliphatic carbocycles. The molecule has 0 saturated carbocycles. The van der Waals surface area contributed by atoms with Crippen LogP contribution in [0.4, 0.5) is 0 Å². The van der Waals surface area contributed by atoms with Gasteiger partial charge in [-0.3, -0.25) is 15.1 Å². The molecule has 2 N–H and O–H groups in total. The lowest BCUT2D eigenvalue weighted by molar-refractivity contribution is -0.118. The molecule has 0 aromatic heterocycles. The molecule has 1 radical (unpaired) electrons. The van der Waals surface area contributed by atoms with Gasteiger partial charge in [0.25, 0.3) is 0 Å². The van der Waals surface area contributed by atoms with Crippen molar-refractivity contribution in [1.82, 2.24) is 5.73 Å². The van der Waals surface area contributed by atoms with E-state index in [4.69, 9.17) is 15.0 Å². The Bertz CT molecular complexity index is 550. The van der Waals surface area contributed by atoms with Gasteiger partial charge in [-0.1, -0.05) is 12.1 Å². The molecular weight excluding hydrogens is 258 g/mol. The van der Waals surface area contributed by atoms with Gasteiger partial charge in [-0.05, 0) is 31.5 Å². The molecule has 6 nitrogen and oxygen atoms in total. The second-order valence-electron chi connectivity index (χ2n) is 4.22. The van der Waals surface area contributed by atoms with Crippen LogP contribution in [-0.2, 0) is 21.3 Å². The molecule has 0 bridgehead atoms. The van der Waals surface area contributed by atoms with Gasteiger partial charge < -0.3 is 4.74 Å². The van der Waals surface area contributed by atoms with Gasteiger partial charge in [0.1, 0.15) is 5.75 Å². The zero-order valence-electron chi connectivity index (χ0n) is 10.0. The van der Waals surface area contributed by atoms with Crippen molar-refractivity contribution < 1.29 is 22.5 Å². The molecule has 1 amide bonds. The van der Waals surface area contributed by atoms with Crippen LogP contribution in [0.5, 0.6) is 5.75 Å². The topological polar surface area (TPSA) is 104 Å². The SMILES string of the molecule is CC(C)(Oc1cccc(CC([NH])=O)c1)S(=O)(=O)O. The fraction of sp³-hybridized carbons (Fsp3) is 0.364. The summed E-state index contributed by atoms with van der Waals surface area (Å²) in [7, 11) is -4.36. The van der Waals surface area contributed by atoms with Crippen LogP contribution in [0, 0.1) is 0 Å². The van der Waals surface area contributed by atoms with Crippen molar-refractivity contribution in [1.29, 1.82) is 0 Å². The largest absolute Gasteiger partial charge is 0.469 e. The quantitative estimate of drug-likeness (QED) is 0.806. The standard InChI is InChI=1S/C11H14NO5S/c1-11(2,18(14,15)16)17-9-5-3-4-8(6-9)7-10(12)13/h3-6,12H,7H2,1-2H3,(H,14,15,16). The number of hydrogen-bond donors (Lipinski definition) is 1. The smallest absolute Gasteiger partial charge is 0.305 e. The summed E-state index contributed by atoms with van der Waals surface area (Å²) in [5.74, 6) is -0.544. The number of nitrogens with one attached hydrogen (secondary N) is 1. The molecule has 18 heavy (non-hydrogen) atoms. The normalized spacial score (nSPS) is 12.2. The average Bonchev–Trinajstić information content (AvgIpc) is 2.14. The Morgan fingerprint density at radius 3 is 2.56 bits per heavy atom. The molecule has 0 saturated heterocycles. The van der Waals surface area contributed by atoms with E-state index < -0.39 is 21.0 Å². The zero-order chi connectivity index (χ0) is 14.0. The van der Waals surface area contributed by atoms with Crippen LogP contribution in [-0.4, -0.2) is 23.8 Å². The Labute approximate surface area is 105 Å². The molecule has 0 heterocycles. The van der Waals surface area contributed by atoms with Gasteiger partial charge in [-0.15, -0.1) is 0 Å². The van der Waals surface area contributed by atoms with E-state index >= 15 is 0 Å². The first-order chi connectivity index (χ1) is 8.12. The van der Waals surface area contributed by atoms with Gasteiger partial charge in [0, 0.05) is 0 Å². The van der Waals surface area contributed by atoms with Crippen molar-refractivity contribution in [3.63, 3.8) is 0 Å². The lowest BCUT2D eigenvalue weighted by Gasteiger charge is -2.23. The van der Waals surface area contributed by atoms with Crippen LogP contribution in [0.3, 0.4) is 0 Å². The zero-order valence-corrected chi connectivity index (χ0v) is 10.8. The molecular formula is C11H14NO5S. The second kappa shape index (κ2) is 4.95. The first-order valence-electron chi connectivity index (χ1n) is 5.11. The Morgan fingerprint density at radius 1 is 1.44 bits per heavy atom. The van der Waals surface area contributed by atoms with Crippen LogP contribution in [0.25, 0.3) is 0 Å². The molecule has 0 atom stereocenters. The van der Waals surface area contributed by atoms with Gasteiger partial charge in [-0.25, -0.2) is 0 Å². The van der Waals surface area contributed by atoms with Crippen molar-refractivity contribution in [3.8, 4) is 5.75 Å². The third kappa shape index (κ3) is 3.71. The molecule has 7 heteroatoms. The highest BCUT2D eigenvalue weighted by atomic mass is 32.2. The van der Waals surface area contributed by atoms with E-state index in [2.05, 4.69) is 0 Å². The summed E-state index contributed by atoms with van der Waals surface area (Å²) >= 11 is 0. The maximum absolute atomic E-state index is 11.1. The van der Waals surface area contributed by atoms with Crippen molar-refractivity contribution in [3.05, 3.63) is 29.8 Å². The lowest BCUT2D eigenvalue weighted by Crippen LogP contribution is -2.37. The number of ether oxygens (including phenoxy) is 1. The molecule has 1 aromatic carbocycles. The maximum Gasteiger partial charge on any atom is 0.305 e. The summed E-state index contributed by atoms with van der Waals surface area (Å²) in [6.45, 7) is 2.43. The average molecular weight is 272 g/mol. The highest BCUT2D eigenvalue weighted by Gasteiger charge is 2.35. The van der Waals surface area contributed by atoms with E-state index in [-0.39, 0.29) is 12.2 Å². The summed E-state index contributed by atoms with van der Waals surface area (Å²) in [5.41, 5.74) is 7.39. The molecule has 1 aromatic rings. The van der Waals surface area contributed by atoms with Crippen LogP contribution >= 0.6 is 0 Å². The van der Waals surface area contributed by atoms with E-state index in [1.54, 1.807) is 12.1 Å². The molecule has 0 spiro atoms. The molecule has 0 aliphatic rings. The van der Waals surface area contributed by atoms with E-state index in [1.165, 1.54) is 26.0 Å². The van der Waals surface area contributed by atoms with Gasteiger partial charge in [0.2, 0.25) is 10.8 Å². The predicted molar refractivity (Wildman–Crippen MR) is 64.5 cm³/mol. The number of rotatable bonds is 5. The number of amides is 1. The van der Waals surface area contributed by atoms with E-state index in [0.29, 0.717) is 5.56 Å². The maximum atomic E-state index is 11.1. The van der Waals surface area contributed by atoms with Crippen LogP contribution in [0.1, 0.15) is 19.4 Å². The van der Waals surface area contributed by atoms with Crippen LogP contribution in [0.15, 0.2) is 24.3 Å². The fourth-order valence-electron chi connectivity index (χ4n) is 1.24. The van der Waals surface area contributed by atoms with Gasteiger partial charge in [0.15, 0.2) is 0 Å². The van der Waals surface area contributed by atoms with Gasteiger partial charge in [0.05, 0.1) is 6.42 Å². The number of carbonyl (C=O) groups excluding carboxylic acids is 1. The summed E-state index contributed by atoms with van der Waals surface area (Å²) in [6.07, 6.45) is -0.0799. The minimum absolute atomic E-state index is 0.0799. The van der Waals surface area contributed by atoms with Crippen LogP contribution in [0.2, 0.25) is 0 Å². The first-order valence-corrected chi connectivity index (χ1v) is 6.55. The highest BCUT2D eigenvalue weighted by molar-refractivity contribution is 7.87. The van der Waals surface area contributed by atoms with E-state index in [0.717, 1.165) is 0 Å². The number of benzene rings is 1. The van der Waals surface area contributed by atoms with E-state index in [1.807, 2.05) is 0 Å². The summed E-state index contributed by atoms with van der Waals surface area (Å²) in [6, 6.07) is 6.16. The Hall–Kier alpha value is -1.60.